The zero-order valence-corrected chi connectivity index (χ0v) is 12.8. The van der Waals surface area contributed by atoms with Gasteiger partial charge in [0.2, 0.25) is 0 Å². The number of nitrogens with one attached hydrogen (secondary N) is 2. The van der Waals surface area contributed by atoms with Gasteiger partial charge in [-0.25, -0.2) is 9.97 Å². The van der Waals surface area contributed by atoms with Crippen LogP contribution in [0.5, 0.6) is 0 Å². The summed E-state index contributed by atoms with van der Waals surface area (Å²) in [4.78, 5) is 16.0. The summed E-state index contributed by atoms with van der Waals surface area (Å²) in [5, 5.41) is 0. The molecule has 0 aliphatic carbocycles. The van der Waals surface area contributed by atoms with Crippen LogP contribution in [0.15, 0.2) is 48.5 Å². The Kier molecular flexibility index (Phi) is 6.03. The Balaban J connectivity index is 0.000000980. The van der Waals surface area contributed by atoms with Crippen LogP contribution >= 0.6 is 0 Å². The van der Waals surface area contributed by atoms with E-state index in [1.165, 1.54) is 0 Å². The van der Waals surface area contributed by atoms with Crippen LogP contribution in [0.4, 0.5) is 0 Å². The van der Waals surface area contributed by atoms with Crippen LogP contribution in [0, 0.1) is 0 Å². The quantitative estimate of drug-likeness (QED) is 0.417. The Morgan fingerprint density at radius 1 is 0.462 bits per heavy atom. The molecular formula is C20H16N4Na2. The Bertz CT molecular complexity index is 994. The number of rotatable bonds is 0. The molecule has 0 radical (unpaired) electrons. The summed E-state index contributed by atoms with van der Waals surface area (Å²) in [7, 11) is 0. The minimum absolute atomic E-state index is 0. The molecule has 0 saturated heterocycles. The van der Waals surface area contributed by atoms with E-state index in [4.69, 9.17) is 0 Å². The predicted molar refractivity (Wildman–Crippen MR) is 113 cm³/mol. The Labute approximate surface area is 195 Å². The van der Waals surface area contributed by atoms with E-state index in [0.717, 1.165) is 44.8 Å². The molecular weight excluding hydrogens is 342 g/mol. The molecule has 0 saturated carbocycles. The molecule has 0 spiro atoms. The van der Waals surface area contributed by atoms with E-state index in [0.29, 0.717) is 0 Å². The van der Waals surface area contributed by atoms with Gasteiger partial charge in [-0.15, -0.1) is 0 Å². The van der Waals surface area contributed by atoms with Gasteiger partial charge in [-0.2, -0.15) is 0 Å². The first-order valence-electron chi connectivity index (χ1n) is 7.85. The van der Waals surface area contributed by atoms with E-state index < -0.39 is 0 Å². The molecule has 6 heteroatoms. The van der Waals surface area contributed by atoms with Crippen molar-refractivity contribution >= 4 is 105 Å². The van der Waals surface area contributed by atoms with Crippen molar-refractivity contribution in [1.82, 2.24) is 19.9 Å². The van der Waals surface area contributed by atoms with E-state index in [1.54, 1.807) is 0 Å². The number of hydrogen-bond acceptors (Lipinski definition) is 2. The molecule has 3 aromatic rings. The maximum absolute atomic E-state index is 4.63. The van der Waals surface area contributed by atoms with Crippen molar-refractivity contribution in [3.8, 4) is 0 Å². The van der Waals surface area contributed by atoms with Gasteiger partial charge in [0, 0.05) is 22.1 Å². The van der Waals surface area contributed by atoms with Gasteiger partial charge in [0.1, 0.15) is 0 Å². The molecule has 4 nitrogen and oxygen atoms in total. The van der Waals surface area contributed by atoms with E-state index in [1.807, 2.05) is 48.6 Å². The van der Waals surface area contributed by atoms with Crippen molar-refractivity contribution in [3.05, 3.63) is 71.3 Å². The SMILES string of the molecule is C1=Cc2cc3ccc(cc4nc(cc5ccc(cc1n2)[nH]5)C=C4)[nH]3.[NaH].[NaH]. The fourth-order valence-electron chi connectivity index (χ4n) is 2.94. The standard InChI is InChI=1S/C20H14N4.2Na.2H/c1-2-14-10-16-5-6-18(23-16)12-20-8-7-19(24-20)11-17-4-3-15(22-17)9-13(1)21-14;;;;/h1-12,21,24H;;;;. The Morgan fingerprint density at radius 2 is 0.731 bits per heavy atom. The third kappa shape index (κ3) is 4.12. The van der Waals surface area contributed by atoms with Gasteiger partial charge in [0.25, 0.3) is 0 Å². The second kappa shape index (κ2) is 8.09. The van der Waals surface area contributed by atoms with Crippen LogP contribution < -0.4 is 0 Å². The molecule has 2 aliphatic heterocycles. The average Bonchev–Trinajstić information content (AvgIpc) is 3.32. The Morgan fingerprint density at radius 3 is 1.00 bits per heavy atom. The predicted octanol–water partition coefficient (Wildman–Crippen LogP) is 3.36. The molecule has 26 heavy (non-hydrogen) atoms. The molecule has 0 aromatic carbocycles. The number of H-pyrrole nitrogens is 2. The van der Waals surface area contributed by atoms with Crippen LogP contribution in [0.1, 0.15) is 22.8 Å². The number of fused-ring (bicyclic) bond motifs is 8. The summed E-state index contributed by atoms with van der Waals surface area (Å²) >= 11 is 0. The number of aromatic amines is 2. The van der Waals surface area contributed by atoms with Gasteiger partial charge in [-0.3, -0.25) is 0 Å². The minimum atomic E-state index is 0. The van der Waals surface area contributed by atoms with Crippen LogP contribution in [0.25, 0.3) is 46.4 Å². The van der Waals surface area contributed by atoms with E-state index in [9.17, 15) is 0 Å². The van der Waals surface area contributed by atoms with Crippen molar-refractivity contribution in [2.75, 3.05) is 0 Å². The molecule has 0 unspecified atom stereocenters. The molecule has 118 valence electrons. The first-order chi connectivity index (χ1) is 11.8. The molecule has 5 rings (SSSR count). The van der Waals surface area contributed by atoms with Crippen LogP contribution in [0.2, 0.25) is 0 Å². The molecule has 0 fully saturated rings. The summed E-state index contributed by atoms with van der Waals surface area (Å²) < 4.78 is 0. The normalized spacial score (nSPS) is 11.7. The molecule has 5 heterocycles. The topological polar surface area (TPSA) is 57.4 Å². The second-order valence-electron chi connectivity index (χ2n) is 5.91. The van der Waals surface area contributed by atoms with Crippen molar-refractivity contribution < 1.29 is 0 Å². The van der Waals surface area contributed by atoms with Crippen LogP contribution in [-0.4, -0.2) is 79.1 Å². The zero-order valence-electron chi connectivity index (χ0n) is 12.8. The van der Waals surface area contributed by atoms with E-state index >= 15 is 0 Å². The number of nitrogens with zero attached hydrogens (tertiary/aromatic N) is 2. The molecule has 0 amide bonds. The monoisotopic (exact) mass is 358 g/mol. The van der Waals surface area contributed by atoms with Crippen LogP contribution in [-0.2, 0) is 0 Å². The van der Waals surface area contributed by atoms with Gasteiger partial charge in [0.05, 0.1) is 22.8 Å². The first kappa shape index (κ1) is 19.4. The van der Waals surface area contributed by atoms with Crippen molar-refractivity contribution in [3.63, 3.8) is 0 Å². The molecule has 2 aliphatic rings. The van der Waals surface area contributed by atoms with Crippen molar-refractivity contribution in [2.24, 2.45) is 0 Å². The third-order valence-corrected chi connectivity index (χ3v) is 4.04. The summed E-state index contributed by atoms with van der Waals surface area (Å²) in [6.45, 7) is 0. The van der Waals surface area contributed by atoms with Gasteiger partial charge >= 0.3 is 59.1 Å². The number of hydrogen-bond donors (Lipinski definition) is 2. The summed E-state index contributed by atoms with van der Waals surface area (Å²) in [6, 6.07) is 16.4. The molecule has 8 bridgehead atoms. The average molecular weight is 358 g/mol. The van der Waals surface area contributed by atoms with Gasteiger partial charge in [-0.05, 0) is 72.8 Å². The Hall–Kier alpha value is -1.40. The van der Waals surface area contributed by atoms with Gasteiger partial charge in [-0.1, -0.05) is 0 Å². The molecule has 2 N–H and O–H groups in total. The van der Waals surface area contributed by atoms with E-state index in [2.05, 4.69) is 44.2 Å². The van der Waals surface area contributed by atoms with Crippen molar-refractivity contribution in [2.45, 2.75) is 0 Å². The molecule has 3 aromatic heterocycles. The van der Waals surface area contributed by atoms with Crippen LogP contribution in [0.3, 0.4) is 0 Å². The summed E-state index contributed by atoms with van der Waals surface area (Å²) in [5.74, 6) is 0. The fourth-order valence-corrected chi connectivity index (χ4v) is 2.94. The summed E-state index contributed by atoms with van der Waals surface area (Å²) in [6.07, 6.45) is 8.09. The summed E-state index contributed by atoms with van der Waals surface area (Å²) in [5.41, 5.74) is 7.86. The zero-order chi connectivity index (χ0) is 15.9. The second-order valence-corrected chi connectivity index (χ2v) is 5.91. The molecule has 0 atom stereocenters. The fraction of sp³-hybridized carbons (Fsp3) is 0. The first-order valence-corrected chi connectivity index (χ1v) is 7.85. The van der Waals surface area contributed by atoms with Crippen molar-refractivity contribution in [1.29, 1.82) is 0 Å². The van der Waals surface area contributed by atoms with Gasteiger partial charge in [0.15, 0.2) is 0 Å². The maximum atomic E-state index is 4.63. The third-order valence-electron chi connectivity index (χ3n) is 4.04. The number of aromatic nitrogens is 4. The van der Waals surface area contributed by atoms with Gasteiger partial charge < -0.3 is 9.97 Å². The van der Waals surface area contributed by atoms with E-state index in [-0.39, 0.29) is 59.1 Å².